The summed E-state index contributed by atoms with van der Waals surface area (Å²) in [5.74, 6) is -0.675. The van der Waals surface area contributed by atoms with Crippen LogP contribution in [-0.4, -0.2) is 9.97 Å². The number of anilines is 2. The maximum absolute atomic E-state index is 15.8. The Labute approximate surface area is 245 Å². The summed E-state index contributed by atoms with van der Waals surface area (Å²) in [7, 11) is 0. The molecule has 9 heteroatoms. The number of hydrogen-bond donors (Lipinski definition) is 1. The van der Waals surface area contributed by atoms with Gasteiger partial charge < -0.3 is 10.6 Å². The maximum atomic E-state index is 15.8. The van der Waals surface area contributed by atoms with Crippen molar-refractivity contribution in [2.45, 2.75) is 12.1 Å². The lowest BCUT2D eigenvalue weighted by Crippen LogP contribution is -2.36. The van der Waals surface area contributed by atoms with Crippen molar-refractivity contribution in [2.75, 3.05) is 10.6 Å². The number of rotatable bonds is 7. The number of benzene rings is 4. The third-order valence-corrected chi connectivity index (χ3v) is 7.30. The van der Waals surface area contributed by atoms with E-state index in [1.165, 1.54) is 0 Å². The second-order valence-corrected chi connectivity index (χ2v) is 10.6. The van der Waals surface area contributed by atoms with E-state index in [4.69, 9.17) is 52.1 Å². The van der Waals surface area contributed by atoms with Crippen molar-refractivity contribution >= 4 is 58.2 Å². The highest BCUT2D eigenvalue weighted by atomic mass is 35.5. The van der Waals surface area contributed by atoms with Crippen LogP contribution in [-0.2, 0) is 0 Å². The molecule has 0 spiro atoms. The molecule has 4 aromatic carbocycles. The molecule has 0 radical (unpaired) electrons. The van der Waals surface area contributed by atoms with Crippen LogP contribution in [0, 0.1) is 5.82 Å². The molecule has 0 saturated carbocycles. The average Bonchev–Trinajstić information content (AvgIpc) is 2.93. The minimum Gasteiger partial charge on any atom is -0.368 e. The van der Waals surface area contributed by atoms with Gasteiger partial charge >= 0.3 is 0 Å². The van der Waals surface area contributed by atoms with Crippen LogP contribution in [0.1, 0.15) is 34.3 Å². The third-order valence-electron chi connectivity index (χ3n) is 6.29. The van der Waals surface area contributed by atoms with Crippen LogP contribution in [0.3, 0.4) is 0 Å². The van der Waals surface area contributed by atoms with Gasteiger partial charge in [-0.05, 0) is 70.8 Å². The van der Waals surface area contributed by atoms with Gasteiger partial charge in [0.05, 0.1) is 18.3 Å². The van der Waals surface area contributed by atoms with Gasteiger partial charge in [-0.1, -0.05) is 94.9 Å². The summed E-state index contributed by atoms with van der Waals surface area (Å²) in [4.78, 5) is 10.2. The zero-order valence-electron chi connectivity index (χ0n) is 20.3. The highest BCUT2D eigenvalue weighted by Gasteiger charge is 2.34. The zero-order valence-corrected chi connectivity index (χ0v) is 23.3. The SMILES string of the molecule is Nc1ncc(F)c(N(C(c2ccc(Cl)cc2)c2ccc(Cl)cc2)C(c2ccc(Cl)cc2)c2ccc(Cl)cc2)n1. The molecule has 2 N–H and O–H groups in total. The summed E-state index contributed by atoms with van der Waals surface area (Å²) in [6, 6.07) is 28.4. The number of hydrogen-bond acceptors (Lipinski definition) is 4. The fraction of sp³-hybridized carbons (Fsp3) is 0.0667. The van der Waals surface area contributed by atoms with Crippen LogP contribution < -0.4 is 10.6 Å². The number of nitrogen functional groups attached to an aromatic ring is 1. The molecular weight excluding hydrogens is 577 g/mol. The predicted octanol–water partition coefficient (Wildman–Crippen LogP) is 9.20. The first-order valence-electron chi connectivity index (χ1n) is 11.9. The monoisotopic (exact) mass is 596 g/mol. The highest BCUT2D eigenvalue weighted by molar-refractivity contribution is 6.31. The summed E-state index contributed by atoms with van der Waals surface area (Å²) in [6.07, 6.45) is 1.08. The van der Waals surface area contributed by atoms with Gasteiger partial charge in [0.2, 0.25) is 5.95 Å². The van der Waals surface area contributed by atoms with Gasteiger partial charge in [0.25, 0.3) is 0 Å². The van der Waals surface area contributed by atoms with Crippen LogP contribution in [0.4, 0.5) is 16.2 Å². The molecule has 39 heavy (non-hydrogen) atoms. The Morgan fingerprint density at radius 1 is 0.564 bits per heavy atom. The second kappa shape index (κ2) is 11.8. The Hall–Kier alpha value is -3.35. The molecule has 0 saturated heterocycles. The van der Waals surface area contributed by atoms with E-state index in [2.05, 4.69) is 9.97 Å². The summed E-state index contributed by atoms with van der Waals surface area (Å²) < 4.78 is 15.8. The van der Waals surface area contributed by atoms with E-state index in [1.807, 2.05) is 53.4 Å². The van der Waals surface area contributed by atoms with Crippen molar-refractivity contribution in [3.63, 3.8) is 0 Å². The smallest absolute Gasteiger partial charge is 0.222 e. The topological polar surface area (TPSA) is 55.0 Å². The van der Waals surface area contributed by atoms with Gasteiger partial charge in [-0.2, -0.15) is 4.98 Å². The molecule has 0 aliphatic rings. The number of halogens is 5. The van der Waals surface area contributed by atoms with Gasteiger partial charge in [0.15, 0.2) is 11.6 Å². The zero-order chi connectivity index (χ0) is 27.5. The molecular formula is C30H21Cl4FN4. The maximum Gasteiger partial charge on any atom is 0.222 e. The van der Waals surface area contributed by atoms with Crippen molar-refractivity contribution in [3.8, 4) is 0 Å². The molecule has 4 nitrogen and oxygen atoms in total. The fourth-order valence-corrected chi connectivity index (χ4v) is 5.06. The van der Waals surface area contributed by atoms with Gasteiger partial charge in [-0.25, -0.2) is 9.37 Å². The van der Waals surface area contributed by atoms with Crippen molar-refractivity contribution in [3.05, 3.63) is 151 Å². The lowest BCUT2D eigenvalue weighted by Gasteiger charge is -2.40. The standard InChI is InChI=1S/C30H21Cl4FN4/c31-22-9-1-18(2-10-22)27(19-3-11-23(32)12-4-19)39(29-26(35)17-37-30(36)38-29)28(20-5-13-24(33)14-6-20)21-7-15-25(34)16-8-21/h1-17,27-28H,(H2,36,37,38). The predicted molar refractivity (Wildman–Crippen MR) is 158 cm³/mol. The van der Waals surface area contributed by atoms with Crippen molar-refractivity contribution in [1.29, 1.82) is 0 Å². The molecule has 0 atom stereocenters. The van der Waals surface area contributed by atoms with E-state index in [-0.39, 0.29) is 11.8 Å². The van der Waals surface area contributed by atoms with E-state index in [1.54, 1.807) is 48.5 Å². The van der Waals surface area contributed by atoms with Crippen molar-refractivity contribution < 1.29 is 4.39 Å². The van der Waals surface area contributed by atoms with Gasteiger partial charge in [-0.15, -0.1) is 0 Å². The Kier molecular flexibility index (Phi) is 8.24. The Morgan fingerprint density at radius 2 is 0.872 bits per heavy atom. The molecule has 0 aliphatic carbocycles. The van der Waals surface area contributed by atoms with Gasteiger partial charge in [-0.3, -0.25) is 0 Å². The first kappa shape index (κ1) is 27.2. The summed E-state index contributed by atoms with van der Waals surface area (Å²) in [5, 5.41) is 2.29. The van der Waals surface area contributed by atoms with Gasteiger partial charge in [0.1, 0.15) is 0 Å². The Balaban J connectivity index is 1.85. The molecule has 0 aliphatic heterocycles. The summed E-state index contributed by atoms with van der Waals surface area (Å²) in [5.41, 5.74) is 9.37. The van der Waals surface area contributed by atoms with E-state index in [0.29, 0.717) is 20.1 Å². The molecule has 0 bridgehead atoms. The van der Waals surface area contributed by atoms with Gasteiger partial charge in [0, 0.05) is 20.1 Å². The summed E-state index contributed by atoms with van der Waals surface area (Å²) in [6.45, 7) is 0. The molecule has 1 heterocycles. The lowest BCUT2D eigenvalue weighted by atomic mass is 9.90. The minimum atomic E-state index is -0.634. The molecule has 1 aromatic heterocycles. The average molecular weight is 598 g/mol. The van der Waals surface area contributed by atoms with Crippen LogP contribution in [0.5, 0.6) is 0 Å². The Bertz CT molecular complexity index is 1380. The van der Waals surface area contributed by atoms with Crippen LogP contribution in [0.15, 0.2) is 103 Å². The molecule has 0 unspecified atom stereocenters. The first-order chi connectivity index (χ1) is 18.8. The van der Waals surface area contributed by atoms with Crippen LogP contribution in [0.2, 0.25) is 20.1 Å². The van der Waals surface area contributed by atoms with Crippen LogP contribution in [0.25, 0.3) is 0 Å². The third kappa shape index (κ3) is 6.13. The molecule has 0 amide bonds. The molecule has 0 fully saturated rings. The normalized spacial score (nSPS) is 11.3. The van der Waals surface area contributed by atoms with E-state index < -0.39 is 17.9 Å². The quantitative estimate of drug-likeness (QED) is 0.203. The van der Waals surface area contributed by atoms with Crippen LogP contribution >= 0.6 is 46.4 Å². The first-order valence-corrected chi connectivity index (χ1v) is 13.4. The van der Waals surface area contributed by atoms with E-state index in [9.17, 15) is 0 Å². The highest BCUT2D eigenvalue weighted by Crippen LogP contribution is 2.43. The molecule has 5 aromatic rings. The van der Waals surface area contributed by atoms with E-state index in [0.717, 1.165) is 28.5 Å². The van der Waals surface area contributed by atoms with Crippen molar-refractivity contribution in [2.24, 2.45) is 0 Å². The lowest BCUT2D eigenvalue weighted by molar-refractivity contribution is 0.566. The second-order valence-electron chi connectivity index (χ2n) is 8.82. The largest absolute Gasteiger partial charge is 0.368 e. The summed E-state index contributed by atoms with van der Waals surface area (Å²) >= 11 is 25.0. The van der Waals surface area contributed by atoms with E-state index >= 15 is 4.39 Å². The molecule has 5 rings (SSSR count). The number of nitrogens with zero attached hydrogens (tertiary/aromatic N) is 3. The minimum absolute atomic E-state index is 0.0206. The van der Waals surface area contributed by atoms with Crippen molar-refractivity contribution in [1.82, 2.24) is 9.97 Å². The number of aromatic nitrogens is 2. The Morgan fingerprint density at radius 3 is 1.18 bits per heavy atom. The fourth-order valence-electron chi connectivity index (χ4n) is 4.55. The number of nitrogens with two attached hydrogens (primary N) is 1. The molecule has 196 valence electrons.